The number of methoxy groups -OCH3 is 1. The predicted molar refractivity (Wildman–Crippen MR) is 135 cm³/mol. The van der Waals surface area contributed by atoms with E-state index >= 15 is 0 Å². The number of nitrogens with zero attached hydrogens (tertiary/aromatic N) is 5. The van der Waals surface area contributed by atoms with Crippen molar-refractivity contribution in [3.63, 3.8) is 0 Å². The number of carboxylic acids is 1. The van der Waals surface area contributed by atoms with Gasteiger partial charge in [0.25, 0.3) is 0 Å². The van der Waals surface area contributed by atoms with Gasteiger partial charge in [-0.15, -0.1) is 0 Å². The molecule has 0 saturated carbocycles. The van der Waals surface area contributed by atoms with Crippen molar-refractivity contribution in [3.8, 4) is 17.3 Å². The van der Waals surface area contributed by atoms with Crippen molar-refractivity contribution in [2.45, 2.75) is 46.3 Å². The van der Waals surface area contributed by atoms with Gasteiger partial charge in [-0.1, -0.05) is 6.92 Å². The van der Waals surface area contributed by atoms with E-state index in [2.05, 4.69) is 9.97 Å². The van der Waals surface area contributed by atoms with E-state index in [9.17, 15) is 19.5 Å². The number of aliphatic carboxylic acids is 1. The molecule has 3 aromatic rings. The maximum absolute atomic E-state index is 13.7. The van der Waals surface area contributed by atoms with E-state index in [1.54, 1.807) is 17.0 Å². The van der Waals surface area contributed by atoms with E-state index in [1.165, 1.54) is 17.9 Å². The number of aromatic nitrogens is 3. The summed E-state index contributed by atoms with van der Waals surface area (Å²) in [5, 5.41) is 9.64. The Morgan fingerprint density at radius 1 is 1.19 bits per heavy atom. The number of carbonyl (C=O) groups is 2. The molecule has 1 aliphatic heterocycles. The summed E-state index contributed by atoms with van der Waals surface area (Å²) < 4.78 is 18.1. The van der Waals surface area contributed by atoms with Gasteiger partial charge in [0.15, 0.2) is 5.52 Å². The van der Waals surface area contributed by atoms with Crippen LogP contribution < -0.4 is 15.1 Å². The molecule has 4 rings (SSSR count). The molecule has 1 aliphatic rings. The van der Waals surface area contributed by atoms with Crippen LogP contribution >= 0.6 is 0 Å². The molecule has 0 radical (unpaired) electrons. The van der Waals surface area contributed by atoms with Gasteiger partial charge < -0.3 is 33.4 Å². The number of pyridine rings is 2. The number of anilines is 1. The van der Waals surface area contributed by atoms with Gasteiger partial charge in [-0.25, -0.2) is 14.8 Å². The van der Waals surface area contributed by atoms with E-state index in [1.807, 2.05) is 32.6 Å². The quantitative estimate of drug-likeness (QED) is 0.523. The average Bonchev–Trinajstić information content (AvgIpc) is 3.30. The number of hydrogen-bond acceptors (Lipinski definition) is 9. The van der Waals surface area contributed by atoms with Gasteiger partial charge in [-0.2, -0.15) is 0 Å². The zero-order chi connectivity index (χ0) is 26.9. The third kappa shape index (κ3) is 5.37. The number of ether oxygens (including phenoxy) is 2. The molecule has 1 fully saturated rings. The smallest absolute Gasteiger partial charge is 0.410 e. The highest BCUT2D eigenvalue weighted by molar-refractivity contribution is 5.81. The fraction of sp³-hybridized carbons (Fsp3) is 0.480. The molecule has 0 spiro atoms. The summed E-state index contributed by atoms with van der Waals surface area (Å²) in [4.78, 5) is 50.0. The molecular formula is C25H31N5O7. The third-order valence-electron chi connectivity index (χ3n) is 5.95. The topological polar surface area (TPSA) is 140 Å². The molecule has 0 atom stereocenters. The van der Waals surface area contributed by atoms with Gasteiger partial charge in [0.1, 0.15) is 17.8 Å². The van der Waals surface area contributed by atoms with Crippen LogP contribution in [0, 0.1) is 0 Å². The summed E-state index contributed by atoms with van der Waals surface area (Å²) in [6, 6.07) is 3.28. The minimum Gasteiger partial charge on any atom is -0.481 e. The van der Waals surface area contributed by atoms with E-state index in [0.717, 1.165) is 0 Å². The van der Waals surface area contributed by atoms with Crippen LogP contribution in [-0.2, 0) is 22.5 Å². The number of piperazine rings is 1. The number of oxazole rings is 1. The predicted octanol–water partition coefficient (Wildman–Crippen LogP) is 2.76. The van der Waals surface area contributed by atoms with Crippen molar-refractivity contribution >= 4 is 29.0 Å². The van der Waals surface area contributed by atoms with Crippen LogP contribution in [0.3, 0.4) is 0 Å². The molecule has 12 heteroatoms. The summed E-state index contributed by atoms with van der Waals surface area (Å²) >= 11 is 0. The molecular weight excluding hydrogens is 482 g/mol. The van der Waals surface area contributed by atoms with Gasteiger partial charge in [0, 0.05) is 49.7 Å². The van der Waals surface area contributed by atoms with Crippen molar-refractivity contribution in [2.75, 3.05) is 38.2 Å². The van der Waals surface area contributed by atoms with Gasteiger partial charge in [-0.3, -0.25) is 9.59 Å². The molecule has 12 nitrogen and oxygen atoms in total. The summed E-state index contributed by atoms with van der Waals surface area (Å²) in [6.07, 6.45) is 1.51. The molecule has 4 heterocycles. The van der Waals surface area contributed by atoms with Crippen LogP contribution in [0.25, 0.3) is 22.7 Å². The third-order valence-corrected chi connectivity index (χ3v) is 5.95. The Hall–Kier alpha value is -4.09. The fourth-order valence-electron chi connectivity index (χ4n) is 4.34. The van der Waals surface area contributed by atoms with Crippen LogP contribution in [0.5, 0.6) is 5.88 Å². The first kappa shape index (κ1) is 26.0. The number of amides is 1. The molecule has 0 aromatic carbocycles. The fourth-order valence-corrected chi connectivity index (χ4v) is 4.34. The zero-order valence-electron chi connectivity index (χ0n) is 21.6. The molecule has 0 unspecified atom stereocenters. The number of hydrogen-bond donors (Lipinski definition) is 1. The Kier molecular flexibility index (Phi) is 7.10. The number of rotatable bonds is 6. The van der Waals surface area contributed by atoms with Crippen molar-refractivity contribution in [1.29, 1.82) is 0 Å². The van der Waals surface area contributed by atoms with Crippen LogP contribution in [0.2, 0.25) is 0 Å². The highest BCUT2D eigenvalue weighted by Gasteiger charge is 2.30. The Bertz CT molecular complexity index is 1380. The van der Waals surface area contributed by atoms with Gasteiger partial charge >= 0.3 is 12.1 Å². The van der Waals surface area contributed by atoms with Crippen LogP contribution in [0.4, 0.5) is 10.5 Å². The SMILES string of the molecule is CCc1c(N2CCN(C(=O)OC(C)(C)C)CC2)c(=O)c2nc(-c3ccnc(OC)c3)oc2n1CC(=O)O. The van der Waals surface area contributed by atoms with E-state index in [4.69, 9.17) is 13.9 Å². The second-order valence-electron chi connectivity index (χ2n) is 9.67. The lowest BCUT2D eigenvalue weighted by atomic mass is 10.1. The highest BCUT2D eigenvalue weighted by atomic mass is 16.6. The van der Waals surface area contributed by atoms with E-state index in [0.29, 0.717) is 55.4 Å². The molecule has 1 saturated heterocycles. The largest absolute Gasteiger partial charge is 0.481 e. The van der Waals surface area contributed by atoms with Gasteiger partial charge in [0.05, 0.1) is 7.11 Å². The number of fused-ring (bicyclic) bond motifs is 1. The second-order valence-corrected chi connectivity index (χ2v) is 9.67. The maximum atomic E-state index is 13.7. The standard InChI is InChI=1S/C25H31N5O7/c1-6-16-20(28-9-11-29(12-10-28)24(34)37-25(2,3)4)21(33)19-23(30(16)14-18(31)32)36-22(27-19)15-7-8-26-17(13-15)35-5/h7-8,13H,6,9-12,14H2,1-5H3,(H,31,32). The number of carbonyl (C=O) groups excluding carboxylic acids is 1. The lowest BCUT2D eigenvalue weighted by molar-refractivity contribution is -0.137. The second kappa shape index (κ2) is 10.1. The molecule has 1 amide bonds. The first-order chi connectivity index (χ1) is 17.5. The molecule has 0 bridgehead atoms. The Balaban J connectivity index is 1.77. The van der Waals surface area contributed by atoms with Crippen molar-refractivity contribution < 1.29 is 28.6 Å². The first-order valence-corrected chi connectivity index (χ1v) is 12.0. The Morgan fingerprint density at radius 3 is 2.49 bits per heavy atom. The monoisotopic (exact) mass is 513 g/mol. The lowest BCUT2D eigenvalue weighted by Crippen LogP contribution is -2.51. The minimum absolute atomic E-state index is 0.0359. The Morgan fingerprint density at radius 2 is 1.89 bits per heavy atom. The molecule has 1 N–H and O–H groups in total. The van der Waals surface area contributed by atoms with Crippen molar-refractivity contribution in [3.05, 3.63) is 34.2 Å². The zero-order valence-corrected chi connectivity index (χ0v) is 21.6. The Labute approximate surface area is 213 Å². The lowest BCUT2D eigenvalue weighted by Gasteiger charge is -2.37. The highest BCUT2D eigenvalue weighted by Crippen LogP contribution is 2.29. The van der Waals surface area contributed by atoms with Crippen molar-refractivity contribution in [2.24, 2.45) is 0 Å². The van der Waals surface area contributed by atoms with Gasteiger partial charge in [0.2, 0.25) is 22.9 Å². The van der Waals surface area contributed by atoms with E-state index in [-0.39, 0.29) is 22.5 Å². The average molecular weight is 514 g/mol. The summed E-state index contributed by atoms with van der Waals surface area (Å²) in [6.45, 7) is 8.35. The molecule has 198 valence electrons. The first-order valence-electron chi connectivity index (χ1n) is 12.0. The molecule has 37 heavy (non-hydrogen) atoms. The molecule has 3 aromatic heterocycles. The van der Waals surface area contributed by atoms with Crippen LogP contribution in [0.1, 0.15) is 33.4 Å². The summed E-state index contributed by atoms with van der Waals surface area (Å²) in [5.41, 5.74) is 0.598. The normalized spacial score (nSPS) is 14.2. The summed E-state index contributed by atoms with van der Waals surface area (Å²) in [5.74, 6) is -0.580. The van der Waals surface area contributed by atoms with Crippen LogP contribution in [-0.4, -0.2) is 75.5 Å². The van der Waals surface area contributed by atoms with Crippen LogP contribution in [0.15, 0.2) is 27.5 Å². The maximum Gasteiger partial charge on any atom is 0.410 e. The van der Waals surface area contributed by atoms with E-state index < -0.39 is 24.2 Å². The van der Waals surface area contributed by atoms with Gasteiger partial charge in [-0.05, 0) is 33.3 Å². The number of carboxylic acid groups (broad SMARTS) is 1. The van der Waals surface area contributed by atoms with Crippen molar-refractivity contribution in [1.82, 2.24) is 19.4 Å². The minimum atomic E-state index is -1.08. The summed E-state index contributed by atoms with van der Waals surface area (Å²) in [7, 11) is 1.48. The molecule has 0 aliphatic carbocycles.